The zero-order chi connectivity index (χ0) is 17.5. The second kappa shape index (κ2) is 8.10. The highest BCUT2D eigenvalue weighted by Gasteiger charge is 2.13. The molecule has 0 fully saturated rings. The number of amides is 2. The molecule has 0 heterocycles. The minimum atomic E-state index is -0.485. The number of anilines is 2. The topological polar surface area (TPSA) is 67.4 Å². The molecule has 5 nitrogen and oxygen atoms in total. The van der Waals surface area contributed by atoms with Gasteiger partial charge in [-0.25, -0.2) is 4.39 Å². The maximum Gasteiger partial charge on any atom is 0.233 e. The molecule has 6 heteroatoms. The van der Waals surface area contributed by atoms with Gasteiger partial charge in [-0.15, -0.1) is 0 Å². The van der Waals surface area contributed by atoms with E-state index in [0.717, 1.165) is 0 Å². The Bertz CT molecular complexity index is 714. The molecule has 0 saturated carbocycles. The first-order valence-electron chi connectivity index (χ1n) is 7.55. The lowest BCUT2D eigenvalue weighted by molar-refractivity contribution is -0.123. The first-order valence-corrected chi connectivity index (χ1v) is 7.55. The average molecular weight is 330 g/mol. The summed E-state index contributed by atoms with van der Waals surface area (Å²) in [6.45, 7) is 3.77. The van der Waals surface area contributed by atoms with Crippen molar-refractivity contribution in [3.63, 3.8) is 0 Å². The van der Waals surface area contributed by atoms with Crippen LogP contribution in [0.25, 0.3) is 0 Å². The van der Waals surface area contributed by atoms with Gasteiger partial charge in [-0.3, -0.25) is 9.59 Å². The number of carbonyl (C=O) groups excluding carboxylic acids is 2. The van der Waals surface area contributed by atoms with Crippen LogP contribution in [0.1, 0.15) is 20.3 Å². The van der Waals surface area contributed by atoms with Gasteiger partial charge in [0.1, 0.15) is 18.0 Å². The molecule has 2 aromatic rings. The van der Waals surface area contributed by atoms with Crippen LogP contribution >= 0.6 is 0 Å². The highest BCUT2D eigenvalue weighted by Crippen LogP contribution is 2.25. The molecule has 2 rings (SSSR count). The Hall–Kier alpha value is -2.89. The number of nitrogens with one attached hydrogen (secondary N) is 2. The number of benzene rings is 2. The third-order valence-electron chi connectivity index (χ3n) is 2.97. The van der Waals surface area contributed by atoms with Gasteiger partial charge in [-0.05, 0) is 50.2 Å². The number of halogens is 1. The van der Waals surface area contributed by atoms with E-state index in [9.17, 15) is 14.0 Å². The molecular weight excluding hydrogens is 311 g/mol. The van der Waals surface area contributed by atoms with Crippen LogP contribution < -0.4 is 15.4 Å². The predicted octanol–water partition coefficient (Wildman–Crippen LogP) is 3.58. The molecule has 0 saturated heterocycles. The summed E-state index contributed by atoms with van der Waals surface area (Å²) in [7, 11) is 0. The number of hydrogen-bond acceptors (Lipinski definition) is 3. The summed E-state index contributed by atoms with van der Waals surface area (Å²) < 4.78 is 18.4. The SMILES string of the molecule is CC(C)Oc1ccccc1NC(=O)CC(=O)Nc1ccc(F)cc1. The Labute approximate surface area is 139 Å². The smallest absolute Gasteiger partial charge is 0.233 e. The van der Waals surface area contributed by atoms with E-state index >= 15 is 0 Å². The van der Waals surface area contributed by atoms with E-state index in [1.165, 1.54) is 24.3 Å². The Balaban J connectivity index is 1.93. The van der Waals surface area contributed by atoms with E-state index in [4.69, 9.17) is 4.74 Å². The summed E-state index contributed by atoms with van der Waals surface area (Å²) in [5, 5.41) is 5.19. The third-order valence-corrected chi connectivity index (χ3v) is 2.97. The van der Waals surface area contributed by atoms with Crippen molar-refractivity contribution >= 4 is 23.2 Å². The summed E-state index contributed by atoms with van der Waals surface area (Å²) >= 11 is 0. The Morgan fingerprint density at radius 3 is 2.29 bits per heavy atom. The third kappa shape index (κ3) is 5.39. The van der Waals surface area contributed by atoms with Gasteiger partial charge in [0.25, 0.3) is 0 Å². The van der Waals surface area contributed by atoms with E-state index < -0.39 is 17.6 Å². The molecule has 0 atom stereocenters. The van der Waals surface area contributed by atoms with Gasteiger partial charge in [0.05, 0.1) is 11.8 Å². The van der Waals surface area contributed by atoms with Gasteiger partial charge in [0.2, 0.25) is 11.8 Å². The predicted molar refractivity (Wildman–Crippen MR) is 90.5 cm³/mol. The summed E-state index contributed by atoms with van der Waals surface area (Å²) in [5.74, 6) is -0.803. The van der Waals surface area contributed by atoms with Crippen molar-refractivity contribution in [2.75, 3.05) is 10.6 Å². The number of carbonyl (C=O) groups is 2. The van der Waals surface area contributed by atoms with Crippen molar-refractivity contribution in [3.05, 3.63) is 54.3 Å². The molecular formula is C18H19FN2O3. The fraction of sp³-hybridized carbons (Fsp3) is 0.222. The summed E-state index contributed by atoms with van der Waals surface area (Å²) in [5.41, 5.74) is 0.934. The first kappa shape index (κ1) is 17.5. The fourth-order valence-corrected chi connectivity index (χ4v) is 2.01. The van der Waals surface area contributed by atoms with Crippen LogP contribution in [0, 0.1) is 5.82 Å². The van der Waals surface area contributed by atoms with Gasteiger partial charge in [0.15, 0.2) is 0 Å². The molecule has 0 aliphatic carbocycles. The van der Waals surface area contributed by atoms with Gasteiger partial charge in [-0.1, -0.05) is 12.1 Å². The lowest BCUT2D eigenvalue weighted by Gasteiger charge is -2.14. The summed E-state index contributed by atoms with van der Waals surface area (Å²) in [6, 6.07) is 12.3. The Kier molecular flexibility index (Phi) is 5.89. The van der Waals surface area contributed by atoms with Gasteiger partial charge < -0.3 is 15.4 Å². The summed E-state index contributed by atoms with van der Waals surface area (Å²) in [6.07, 6.45) is -0.391. The van der Waals surface area contributed by atoms with Crippen molar-refractivity contribution in [3.8, 4) is 5.75 Å². The van der Waals surface area contributed by atoms with Crippen LogP contribution in [0.5, 0.6) is 5.75 Å². The maximum atomic E-state index is 12.8. The Morgan fingerprint density at radius 1 is 1.00 bits per heavy atom. The van der Waals surface area contributed by atoms with Crippen LogP contribution in [-0.4, -0.2) is 17.9 Å². The van der Waals surface area contributed by atoms with E-state index in [2.05, 4.69) is 10.6 Å². The van der Waals surface area contributed by atoms with Crippen LogP contribution in [0.15, 0.2) is 48.5 Å². The monoisotopic (exact) mass is 330 g/mol. The van der Waals surface area contributed by atoms with Gasteiger partial charge in [-0.2, -0.15) is 0 Å². The van der Waals surface area contributed by atoms with Crippen molar-refractivity contribution in [2.24, 2.45) is 0 Å². The maximum absolute atomic E-state index is 12.8. The van der Waals surface area contributed by atoms with Crippen LogP contribution in [0.3, 0.4) is 0 Å². The second-order valence-corrected chi connectivity index (χ2v) is 5.44. The van der Waals surface area contributed by atoms with E-state index in [1.54, 1.807) is 24.3 Å². The highest BCUT2D eigenvalue weighted by atomic mass is 19.1. The van der Waals surface area contributed by atoms with E-state index in [-0.39, 0.29) is 12.5 Å². The lowest BCUT2D eigenvalue weighted by atomic mass is 10.2. The fourth-order valence-electron chi connectivity index (χ4n) is 2.01. The van der Waals surface area contributed by atoms with Crippen molar-refractivity contribution in [2.45, 2.75) is 26.4 Å². The zero-order valence-corrected chi connectivity index (χ0v) is 13.5. The minimum Gasteiger partial charge on any atom is -0.489 e. The highest BCUT2D eigenvalue weighted by molar-refractivity contribution is 6.08. The molecule has 2 amide bonds. The molecule has 2 aromatic carbocycles. The number of ether oxygens (including phenoxy) is 1. The zero-order valence-electron chi connectivity index (χ0n) is 13.5. The van der Waals surface area contributed by atoms with Gasteiger partial charge in [0, 0.05) is 5.69 Å². The number of para-hydroxylation sites is 2. The largest absolute Gasteiger partial charge is 0.489 e. The average Bonchev–Trinajstić information content (AvgIpc) is 2.51. The van der Waals surface area contributed by atoms with E-state index in [1.807, 2.05) is 13.8 Å². The first-order chi connectivity index (χ1) is 11.4. The molecule has 0 aromatic heterocycles. The van der Waals surface area contributed by atoms with Gasteiger partial charge >= 0.3 is 0 Å². The molecule has 0 unspecified atom stereocenters. The second-order valence-electron chi connectivity index (χ2n) is 5.44. The molecule has 0 aliphatic heterocycles. The number of hydrogen-bond donors (Lipinski definition) is 2. The van der Waals surface area contributed by atoms with Crippen molar-refractivity contribution in [1.82, 2.24) is 0 Å². The van der Waals surface area contributed by atoms with Crippen molar-refractivity contribution < 1.29 is 18.7 Å². The quantitative estimate of drug-likeness (QED) is 0.796. The standard InChI is InChI=1S/C18H19FN2O3/c1-12(2)24-16-6-4-3-5-15(16)21-18(23)11-17(22)20-14-9-7-13(19)8-10-14/h3-10,12H,11H2,1-2H3,(H,20,22)(H,21,23). The normalized spacial score (nSPS) is 10.3. The molecule has 0 aliphatic rings. The molecule has 0 radical (unpaired) electrons. The van der Waals surface area contributed by atoms with Crippen LogP contribution in [-0.2, 0) is 9.59 Å². The lowest BCUT2D eigenvalue weighted by Crippen LogP contribution is -2.22. The molecule has 0 bridgehead atoms. The molecule has 0 spiro atoms. The molecule has 2 N–H and O–H groups in total. The minimum absolute atomic E-state index is 0.0372. The van der Waals surface area contributed by atoms with Crippen LogP contribution in [0.2, 0.25) is 0 Å². The number of rotatable bonds is 6. The van der Waals surface area contributed by atoms with E-state index in [0.29, 0.717) is 17.1 Å². The molecule has 24 heavy (non-hydrogen) atoms. The Morgan fingerprint density at radius 2 is 1.62 bits per heavy atom. The van der Waals surface area contributed by atoms with Crippen LogP contribution in [0.4, 0.5) is 15.8 Å². The van der Waals surface area contributed by atoms with Crippen molar-refractivity contribution in [1.29, 1.82) is 0 Å². The summed E-state index contributed by atoms with van der Waals surface area (Å²) in [4.78, 5) is 23.9. The molecule has 126 valence electrons.